The number of hydrogen-bond donors (Lipinski definition) is 1. The molecule has 0 aliphatic rings. The lowest BCUT2D eigenvalue weighted by Gasteiger charge is -2.14. The van der Waals surface area contributed by atoms with Gasteiger partial charge < -0.3 is 5.32 Å². The molecule has 0 radical (unpaired) electrons. The van der Waals surface area contributed by atoms with Gasteiger partial charge in [0.25, 0.3) is 0 Å². The number of rotatable bonds is 6. The molecule has 0 aromatic heterocycles. The van der Waals surface area contributed by atoms with Crippen LogP contribution < -0.4 is 5.32 Å². The Kier molecular flexibility index (Phi) is 6.18. The molecular weight excluding hydrogens is 241 g/mol. The van der Waals surface area contributed by atoms with E-state index in [0.717, 1.165) is 12.1 Å². The number of halogens is 2. The van der Waals surface area contributed by atoms with Crippen molar-refractivity contribution in [1.29, 1.82) is 0 Å². The third kappa shape index (κ3) is 4.32. The Bertz CT molecular complexity index is 326. The fourth-order valence-corrected chi connectivity index (χ4v) is 1.97. The molecule has 0 saturated heterocycles. The lowest BCUT2D eigenvalue weighted by molar-refractivity contribution is 0.495. The van der Waals surface area contributed by atoms with Crippen LogP contribution in [-0.2, 0) is 6.54 Å². The zero-order valence-corrected chi connectivity index (χ0v) is 11.4. The molecule has 1 atom stereocenters. The quantitative estimate of drug-likeness (QED) is 0.784. The standard InChI is InChI=1S/C13H19Cl2N/c1-3-4-6-10(2)16-9-11-7-5-8-12(14)13(11)15/h5,7-8,10,16H,3-4,6,9H2,1-2H3. The van der Waals surface area contributed by atoms with E-state index in [2.05, 4.69) is 19.2 Å². The highest BCUT2D eigenvalue weighted by atomic mass is 35.5. The molecule has 1 nitrogen and oxygen atoms in total. The predicted molar refractivity (Wildman–Crippen MR) is 72.3 cm³/mol. The molecule has 0 fully saturated rings. The van der Waals surface area contributed by atoms with Crippen LogP contribution in [0.4, 0.5) is 0 Å². The first kappa shape index (κ1) is 13.8. The topological polar surface area (TPSA) is 12.0 Å². The summed E-state index contributed by atoms with van der Waals surface area (Å²) in [6.45, 7) is 5.19. The van der Waals surface area contributed by atoms with Gasteiger partial charge in [0, 0.05) is 12.6 Å². The minimum Gasteiger partial charge on any atom is -0.310 e. The van der Waals surface area contributed by atoms with Crippen LogP contribution in [0, 0.1) is 0 Å². The lowest BCUT2D eigenvalue weighted by Crippen LogP contribution is -2.25. The normalized spacial score (nSPS) is 12.8. The van der Waals surface area contributed by atoms with Crippen LogP contribution in [0.15, 0.2) is 18.2 Å². The molecule has 0 saturated carbocycles. The Hall–Kier alpha value is -0.240. The Morgan fingerprint density at radius 2 is 2.06 bits per heavy atom. The molecule has 3 heteroatoms. The molecule has 90 valence electrons. The van der Waals surface area contributed by atoms with Crippen molar-refractivity contribution in [3.63, 3.8) is 0 Å². The van der Waals surface area contributed by atoms with Crippen LogP contribution in [0.2, 0.25) is 10.0 Å². The summed E-state index contributed by atoms with van der Waals surface area (Å²) in [5.41, 5.74) is 1.07. The van der Waals surface area contributed by atoms with Gasteiger partial charge in [-0.15, -0.1) is 0 Å². The van der Waals surface area contributed by atoms with Gasteiger partial charge in [0.1, 0.15) is 0 Å². The number of benzene rings is 1. The monoisotopic (exact) mass is 259 g/mol. The Balaban J connectivity index is 2.45. The van der Waals surface area contributed by atoms with Crippen LogP contribution in [0.3, 0.4) is 0 Å². The average molecular weight is 260 g/mol. The Labute approximate surface area is 108 Å². The molecule has 1 rings (SSSR count). The molecule has 1 aromatic carbocycles. The van der Waals surface area contributed by atoms with E-state index in [-0.39, 0.29) is 0 Å². The summed E-state index contributed by atoms with van der Waals surface area (Å²) in [4.78, 5) is 0. The van der Waals surface area contributed by atoms with Gasteiger partial charge in [0.2, 0.25) is 0 Å². The fourth-order valence-electron chi connectivity index (χ4n) is 1.58. The van der Waals surface area contributed by atoms with E-state index >= 15 is 0 Å². The van der Waals surface area contributed by atoms with E-state index in [1.165, 1.54) is 19.3 Å². The van der Waals surface area contributed by atoms with E-state index < -0.39 is 0 Å². The summed E-state index contributed by atoms with van der Waals surface area (Å²) in [5.74, 6) is 0. The SMILES string of the molecule is CCCCC(C)NCc1cccc(Cl)c1Cl. The second kappa shape index (κ2) is 7.16. The molecule has 0 spiro atoms. The highest BCUT2D eigenvalue weighted by Gasteiger charge is 2.05. The first-order valence-corrected chi connectivity index (χ1v) is 6.57. The molecule has 16 heavy (non-hydrogen) atoms. The maximum absolute atomic E-state index is 6.11. The van der Waals surface area contributed by atoms with Crippen molar-refractivity contribution in [3.05, 3.63) is 33.8 Å². The van der Waals surface area contributed by atoms with Gasteiger partial charge in [-0.25, -0.2) is 0 Å². The van der Waals surface area contributed by atoms with Crippen molar-refractivity contribution in [2.75, 3.05) is 0 Å². The fraction of sp³-hybridized carbons (Fsp3) is 0.538. The van der Waals surface area contributed by atoms with Gasteiger partial charge in [0.15, 0.2) is 0 Å². The molecule has 0 bridgehead atoms. The van der Waals surface area contributed by atoms with Crippen molar-refractivity contribution < 1.29 is 0 Å². The molecule has 1 N–H and O–H groups in total. The van der Waals surface area contributed by atoms with E-state index in [0.29, 0.717) is 16.1 Å². The first-order valence-electron chi connectivity index (χ1n) is 5.81. The van der Waals surface area contributed by atoms with Gasteiger partial charge in [-0.1, -0.05) is 55.1 Å². The highest BCUT2D eigenvalue weighted by molar-refractivity contribution is 6.42. The summed E-state index contributed by atoms with van der Waals surface area (Å²) in [6.07, 6.45) is 3.70. The number of unbranched alkanes of at least 4 members (excludes halogenated alkanes) is 1. The maximum atomic E-state index is 6.11. The first-order chi connectivity index (χ1) is 7.65. The van der Waals surface area contributed by atoms with Gasteiger partial charge in [-0.3, -0.25) is 0 Å². The second-order valence-electron chi connectivity index (χ2n) is 4.14. The van der Waals surface area contributed by atoms with Crippen LogP contribution in [0.5, 0.6) is 0 Å². The summed E-state index contributed by atoms with van der Waals surface area (Å²) in [5, 5.41) is 4.75. The maximum Gasteiger partial charge on any atom is 0.0637 e. The summed E-state index contributed by atoms with van der Waals surface area (Å²) in [6, 6.07) is 6.28. The van der Waals surface area contributed by atoms with Gasteiger partial charge in [0.05, 0.1) is 10.0 Å². The summed E-state index contributed by atoms with van der Waals surface area (Å²) in [7, 11) is 0. The van der Waals surface area contributed by atoms with E-state index in [4.69, 9.17) is 23.2 Å². The molecule has 0 aliphatic carbocycles. The third-order valence-corrected chi connectivity index (χ3v) is 3.52. The van der Waals surface area contributed by atoms with Gasteiger partial charge >= 0.3 is 0 Å². The van der Waals surface area contributed by atoms with E-state index in [1.54, 1.807) is 0 Å². The molecular formula is C13H19Cl2N. The van der Waals surface area contributed by atoms with Crippen molar-refractivity contribution >= 4 is 23.2 Å². The van der Waals surface area contributed by atoms with Gasteiger partial charge in [-0.2, -0.15) is 0 Å². The molecule has 0 amide bonds. The summed E-state index contributed by atoms with van der Waals surface area (Å²) < 4.78 is 0. The zero-order chi connectivity index (χ0) is 12.0. The van der Waals surface area contributed by atoms with Crippen LogP contribution in [0.25, 0.3) is 0 Å². The van der Waals surface area contributed by atoms with Crippen molar-refractivity contribution in [1.82, 2.24) is 5.32 Å². The predicted octanol–water partition coefficient (Wildman–Crippen LogP) is 4.66. The third-order valence-electron chi connectivity index (χ3n) is 2.66. The number of nitrogens with one attached hydrogen (secondary N) is 1. The molecule has 1 aromatic rings. The number of hydrogen-bond acceptors (Lipinski definition) is 1. The molecule has 0 aliphatic heterocycles. The van der Waals surface area contributed by atoms with Crippen molar-refractivity contribution in [2.45, 2.75) is 45.7 Å². The summed E-state index contributed by atoms with van der Waals surface area (Å²) >= 11 is 12.1. The van der Waals surface area contributed by atoms with Gasteiger partial charge in [-0.05, 0) is 25.0 Å². The van der Waals surface area contributed by atoms with Crippen molar-refractivity contribution in [2.24, 2.45) is 0 Å². The molecule has 0 heterocycles. The highest BCUT2D eigenvalue weighted by Crippen LogP contribution is 2.25. The van der Waals surface area contributed by atoms with Crippen LogP contribution in [0.1, 0.15) is 38.7 Å². The minimum absolute atomic E-state index is 0.523. The van der Waals surface area contributed by atoms with Crippen LogP contribution >= 0.6 is 23.2 Å². The smallest absolute Gasteiger partial charge is 0.0637 e. The van der Waals surface area contributed by atoms with E-state index in [9.17, 15) is 0 Å². The lowest BCUT2D eigenvalue weighted by atomic mass is 10.1. The van der Waals surface area contributed by atoms with Crippen molar-refractivity contribution in [3.8, 4) is 0 Å². The Morgan fingerprint density at radius 1 is 1.31 bits per heavy atom. The zero-order valence-electron chi connectivity index (χ0n) is 9.89. The minimum atomic E-state index is 0.523. The molecule has 1 unspecified atom stereocenters. The van der Waals surface area contributed by atoms with E-state index in [1.807, 2.05) is 18.2 Å². The van der Waals surface area contributed by atoms with Crippen LogP contribution in [-0.4, -0.2) is 6.04 Å². The second-order valence-corrected chi connectivity index (χ2v) is 4.92. The largest absolute Gasteiger partial charge is 0.310 e. The average Bonchev–Trinajstić information content (AvgIpc) is 2.28. The Morgan fingerprint density at radius 3 is 2.75 bits per heavy atom.